The van der Waals surface area contributed by atoms with E-state index in [9.17, 15) is 24.5 Å². The molecule has 0 bridgehead atoms. The molecule has 0 aliphatic carbocycles. The average Bonchev–Trinajstić information content (AvgIpc) is 3.31. The summed E-state index contributed by atoms with van der Waals surface area (Å²) in [6, 6.07) is 12.0. The molecule has 9 nitrogen and oxygen atoms in total. The van der Waals surface area contributed by atoms with E-state index in [2.05, 4.69) is 10.9 Å². The molecule has 156 valence electrons. The minimum absolute atomic E-state index is 0.0340. The minimum Gasteiger partial charge on any atom is -0.342 e. The molecule has 0 saturated carbocycles. The first kappa shape index (κ1) is 21.3. The summed E-state index contributed by atoms with van der Waals surface area (Å²) >= 11 is 1.27. The Morgan fingerprint density at radius 3 is 2.43 bits per heavy atom. The van der Waals surface area contributed by atoms with Gasteiger partial charge in [-0.1, -0.05) is 18.2 Å². The highest BCUT2D eigenvalue weighted by molar-refractivity contribution is 8.00. The minimum atomic E-state index is -0.679. The van der Waals surface area contributed by atoms with Crippen molar-refractivity contribution in [1.29, 1.82) is 0 Å². The summed E-state index contributed by atoms with van der Waals surface area (Å²) < 4.78 is 0. The second-order valence-corrected chi connectivity index (χ2v) is 7.61. The van der Waals surface area contributed by atoms with Crippen molar-refractivity contribution in [3.63, 3.8) is 0 Å². The molecule has 10 heteroatoms. The second-order valence-electron chi connectivity index (χ2n) is 6.59. The number of thioether (sulfide) groups is 1. The molecular weight excluding hydrogens is 408 g/mol. The van der Waals surface area contributed by atoms with Crippen molar-refractivity contribution in [1.82, 2.24) is 15.8 Å². The third kappa shape index (κ3) is 5.35. The average molecular weight is 428 g/mol. The second kappa shape index (κ2) is 9.88. The number of carbonyl (C=O) groups excluding carboxylic acids is 3. The molecule has 1 heterocycles. The lowest BCUT2D eigenvalue weighted by Gasteiger charge is -2.15. The summed E-state index contributed by atoms with van der Waals surface area (Å²) in [4.78, 5) is 49.6. The van der Waals surface area contributed by atoms with Gasteiger partial charge in [0.15, 0.2) is 0 Å². The van der Waals surface area contributed by atoms with Crippen LogP contribution < -0.4 is 10.9 Å². The maximum atomic E-state index is 12.5. The van der Waals surface area contributed by atoms with E-state index in [0.29, 0.717) is 10.5 Å². The zero-order chi connectivity index (χ0) is 21.5. The maximum absolute atomic E-state index is 12.5. The molecule has 1 aliphatic heterocycles. The zero-order valence-electron chi connectivity index (χ0n) is 16.0. The molecule has 0 spiro atoms. The number of hydrogen-bond donors (Lipinski definition) is 2. The Hall–Kier alpha value is -3.40. The van der Waals surface area contributed by atoms with Crippen molar-refractivity contribution in [2.45, 2.75) is 17.7 Å². The van der Waals surface area contributed by atoms with Crippen LogP contribution in [0.25, 0.3) is 0 Å². The van der Waals surface area contributed by atoms with E-state index in [1.807, 2.05) is 4.90 Å². The van der Waals surface area contributed by atoms with E-state index in [4.69, 9.17) is 0 Å². The predicted octanol–water partition coefficient (Wildman–Crippen LogP) is 2.38. The Kier molecular flexibility index (Phi) is 7.02. The molecule has 1 fully saturated rings. The van der Waals surface area contributed by atoms with Crippen molar-refractivity contribution in [3.8, 4) is 0 Å². The van der Waals surface area contributed by atoms with Crippen LogP contribution in [-0.4, -0.2) is 46.4 Å². The van der Waals surface area contributed by atoms with E-state index < -0.39 is 16.7 Å². The lowest BCUT2D eigenvalue weighted by atomic mass is 10.2. The van der Waals surface area contributed by atoms with Gasteiger partial charge in [-0.05, 0) is 31.0 Å². The fourth-order valence-electron chi connectivity index (χ4n) is 2.99. The number of carbonyl (C=O) groups is 3. The number of nitro benzene ring substituents is 1. The van der Waals surface area contributed by atoms with Crippen LogP contribution in [0.5, 0.6) is 0 Å². The van der Waals surface area contributed by atoms with Gasteiger partial charge in [0.1, 0.15) is 0 Å². The predicted molar refractivity (Wildman–Crippen MR) is 111 cm³/mol. The van der Waals surface area contributed by atoms with Crippen molar-refractivity contribution >= 4 is 35.2 Å². The first-order valence-electron chi connectivity index (χ1n) is 9.30. The van der Waals surface area contributed by atoms with Crippen LogP contribution in [0.1, 0.15) is 33.6 Å². The topological polar surface area (TPSA) is 122 Å². The molecule has 2 N–H and O–H groups in total. The van der Waals surface area contributed by atoms with Gasteiger partial charge in [-0.25, -0.2) is 0 Å². The molecule has 0 radical (unpaired) electrons. The van der Waals surface area contributed by atoms with E-state index >= 15 is 0 Å². The van der Waals surface area contributed by atoms with E-state index in [-0.39, 0.29) is 22.9 Å². The summed E-state index contributed by atoms with van der Waals surface area (Å²) in [5.41, 5.74) is 4.70. The number of nitro groups is 1. The molecule has 3 rings (SSSR count). The molecule has 1 saturated heterocycles. The molecular formula is C20H20N4O5S. The largest absolute Gasteiger partial charge is 0.342 e. The van der Waals surface area contributed by atoms with Crippen LogP contribution in [0.2, 0.25) is 0 Å². The lowest BCUT2D eigenvalue weighted by molar-refractivity contribution is -0.384. The van der Waals surface area contributed by atoms with Crippen LogP contribution in [0.4, 0.5) is 5.69 Å². The summed E-state index contributed by atoms with van der Waals surface area (Å²) in [7, 11) is 0. The molecule has 30 heavy (non-hydrogen) atoms. The van der Waals surface area contributed by atoms with Crippen molar-refractivity contribution in [2.75, 3.05) is 18.8 Å². The Bertz CT molecular complexity index is 975. The number of amides is 3. The third-order valence-electron chi connectivity index (χ3n) is 4.55. The monoisotopic (exact) mass is 428 g/mol. The number of hydrogen-bond acceptors (Lipinski definition) is 6. The zero-order valence-corrected chi connectivity index (χ0v) is 16.8. The SMILES string of the molecule is O=C(NNC(=O)c1ccccc1SCC(=O)N1CCCC1)c1cccc([N+](=O)[O-])c1. The smallest absolute Gasteiger partial charge is 0.270 e. The lowest BCUT2D eigenvalue weighted by Crippen LogP contribution is -2.41. The quantitative estimate of drug-likeness (QED) is 0.414. The van der Waals surface area contributed by atoms with Crippen molar-refractivity contribution < 1.29 is 19.3 Å². The van der Waals surface area contributed by atoms with Gasteiger partial charge in [0.05, 0.1) is 16.2 Å². The molecule has 0 unspecified atom stereocenters. The highest BCUT2D eigenvalue weighted by Gasteiger charge is 2.19. The Morgan fingerprint density at radius 1 is 1.00 bits per heavy atom. The number of nitrogens with one attached hydrogen (secondary N) is 2. The van der Waals surface area contributed by atoms with E-state index in [1.165, 1.54) is 30.0 Å². The van der Waals surface area contributed by atoms with Crippen LogP contribution in [-0.2, 0) is 4.79 Å². The van der Waals surface area contributed by atoms with Gasteiger partial charge in [-0.15, -0.1) is 11.8 Å². The fraction of sp³-hybridized carbons (Fsp3) is 0.250. The maximum Gasteiger partial charge on any atom is 0.270 e. The number of nitrogens with zero attached hydrogens (tertiary/aromatic N) is 2. The Balaban J connectivity index is 1.60. The van der Waals surface area contributed by atoms with Gasteiger partial charge >= 0.3 is 0 Å². The Labute approximate surface area is 176 Å². The van der Waals surface area contributed by atoms with E-state index in [1.54, 1.807) is 24.3 Å². The number of benzene rings is 2. The van der Waals surface area contributed by atoms with Gasteiger partial charge in [-0.3, -0.25) is 35.3 Å². The first-order chi connectivity index (χ1) is 14.5. The first-order valence-corrected chi connectivity index (χ1v) is 10.3. The highest BCUT2D eigenvalue weighted by atomic mass is 32.2. The van der Waals surface area contributed by atoms with Gasteiger partial charge in [0, 0.05) is 35.7 Å². The van der Waals surface area contributed by atoms with Crippen LogP contribution >= 0.6 is 11.8 Å². The van der Waals surface area contributed by atoms with Crippen molar-refractivity contribution in [2.24, 2.45) is 0 Å². The van der Waals surface area contributed by atoms with Gasteiger partial charge in [0.2, 0.25) is 5.91 Å². The van der Waals surface area contributed by atoms with Gasteiger partial charge in [0.25, 0.3) is 17.5 Å². The van der Waals surface area contributed by atoms with E-state index in [0.717, 1.165) is 32.0 Å². The summed E-state index contributed by atoms with van der Waals surface area (Å²) in [6.07, 6.45) is 2.03. The number of non-ortho nitro benzene ring substituents is 1. The summed E-state index contributed by atoms with van der Waals surface area (Å²) in [5, 5.41) is 10.8. The highest BCUT2D eigenvalue weighted by Crippen LogP contribution is 2.23. The normalized spacial score (nSPS) is 13.0. The van der Waals surface area contributed by atoms with Crippen LogP contribution in [0.15, 0.2) is 53.4 Å². The number of likely N-dealkylation sites (tertiary alicyclic amines) is 1. The molecule has 1 aliphatic rings. The fourth-order valence-corrected chi connectivity index (χ4v) is 3.94. The summed E-state index contributed by atoms with van der Waals surface area (Å²) in [6.45, 7) is 1.54. The molecule has 3 amide bonds. The Morgan fingerprint density at radius 2 is 1.70 bits per heavy atom. The van der Waals surface area contributed by atoms with Crippen LogP contribution in [0, 0.1) is 10.1 Å². The van der Waals surface area contributed by atoms with Crippen LogP contribution in [0.3, 0.4) is 0 Å². The van der Waals surface area contributed by atoms with Gasteiger partial charge in [-0.2, -0.15) is 0 Å². The standard InChI is InChI=1S/C20H20N4O5S/c25-18(23-10-3-4-11-23)13-30-17-9-2-1-8-16(17)20(27)22-21-19(26)14-6-5-7-15(12-14)24(28)29/h1-2,5-9,12H,3-4,10-11,13H2,(H,21,26)(H,22,27). The third-order valence-corrected chi connectivity index (χ3v) is 5.61. The number of rotatable bonds is 6. The molecule has 2 aromatic rings. The molecule has 2 aromatic carbocycles. The molecule has 0 atom stereocenters. The number of hydrazine groups is 1. The molecule has 0 aromatic heterocycles. The van der Waals surface area contributed by atoms with Crippen molar-refractivity contribution in [3.05, 3.63) is 69.8 Å². The van der Waals surface area contributed by atoms with Gasteiger partial charge < -0.3 is 4.90 Å². The summed E-state index contributed by atoms with van der Waals surface area (Å²) in [5.74, 6) is -0.969.